The van der Waals surface area contributed by atoms with Crippen LogP contribution in [0.5, 0.6) is 0 Å². The second-order valence-electron chi connectivity index (χ2n) is 26.8. The van der Waals surface area contributed by atoms with Crippen molar-refractivity contribution in [2.75, 3.05) is 0 Å². The summed E-state index contributed by atoms with van der Waals surface area (Å²) >= 11 is 1.79. The zero-order chi connectivity index (χ0) is 69.3. The predicted molar refractivity (Wildman–Crippen MR) is 442 cm³/mol. The van der Waals surface area contributed by atoms with Crippen LogP contribution in [0.25, 0.3) is 208 Å². The highest BCUT2D eigenvalue weighted by atomic mass is 32.1. The third-order valence-electron chi connectivity index (χ3n) is 20.5. The molecule has 0 fully saturated rings. The molecule has 0 aliphatic rings. The maximum Gasteiger partial charge on any atom is 0.165 e. The van der Waals surface area contributed by atoms with Gasteiger partial charge in [0.1, 0.15) is 0 Å². The molecule has 6 nitrogen and oxygen atoms in total. The Kier molecular flexibility index (Phi) is 15.0. The Morgan fingerprint density at radius 2 is 0.476 bits per heavy atom. The van der Waals surface area contributed by atoms with E-state index in [1.54, 1.807) is 11.3 Å². The van der Waals surface area contributed by atoms with Gasteiger partial charge in [-0.15, -0.1) is 11.3 Å². The first-order chi connectivity index (χ1) is 52.0. The molecule has 0 bridgehead atoms. The lowest BCUT2D eigenvalue weighted by atomic mass is 9.88. The lowest BCUT2D eigenvalue weighted by Crippen LogP contribution is -2.00. The van der Waals surface area contributed by atoms with Gasteiger partial charge in [-0.1, -0.05) is 322 Å². The van der Waals surface area contributed by atoms with Crippen LogP contribution in [0, 0.1) is 0 Å². The molecule has 0 unspecified atom stereocenters. The Morgan fingerprint density at radius 3 is 0.943 bits per heavy atom. The largest absolute Gasteiger partial charge is 0.208 e. The number of aromatic nitrogens is 6. The molecular weight excluding hydrogens is 1290 g/mol. The smallest absolute Gasteiger partial charge is 0.165 e. The molecule has 0 atom stereocenters. The minimum absolute atomic E-state index is 0.636. The Morgan fingerprint density at radius 1 is 0.162 bits per heavy atom. The molecule has 7 heteroatoms. The first-order valence-electron chi connectivity index (χ1n) is 35.5. The number of fused-ring (bicyclic) bond motifs is 17. The first kappa shape index (κ1) is 61.2. The fourth-order valence-electron chi connectivity index (χ4n) is 15.6. The Labute approximate surface area is 609 Å². The average Bonchev–Trinajstić information content (AvgIpc) is 1.24. The molecule has 0 radical (unpaired) electrons. The number of benzene rings is 18. The summed E-state index contributed by atoms with van der Waals surface area (Å²) in [6.45, 7) is 0. The predicted octanol–water partition coefficient (Wildman–Crippen LogP) is 26.3. The van der Waals surface area contributed by atoms with Crippen LogP contribution in [0.2, 0.25) is 0 Å². The number of nitrogens with zero attached hydrogens (tertiary/aromatic N) is 6. The van der Waals surface area contributed by atoms with E-state index in [0.717, 1.165) is 55.6 Å². The molecule has 18 aromatic carbocycles. The van der Waals surface area contributed by atoms with E-state index < -0.39 is 0 Å². The van der Waals surface area contributed by atoms with Crippen LogP contribution in [0.1, 0.15) is 0 Å². The van der Waals surface area contributed by atoms with Crippen molar-refractivity contribution in [2.24, 2.45) is 0 Å². The molecule has 0 aliphatic carbocycles. The van der Waals surface area contributed by atoms with Crippen molar-refractivity contribution in [3.63, 3.8) is 0 Å². The maximum atomic E-state index is 5.24. The molecular formula is C98H60N6S. The van der Waals surface area contributed by atoms with Crippen LogP contribution >= 0.6 is 11.3 Å². The van der Waals surface area contributed by atoms with Gasteiger partial charge in [-0.05, 0) is 162 Å². The molecule has 21 rings (SSSR count). The van der Waals surface area contributed by atoms with Gasteiger partial charge in [0, 0.05) is 53.6 Å². The second kappa shape index (κ2) is 25.7. The highest BCUT2D eigenvalue weighted by Gasteiger charge is 2.22. The summed E-state index contributed by atoms with van der Waals surface area (Å²) in [5.74, 6) is 3.89. The monoisotopic (exact) mass is 1350 g/mol. The van der Waals surface area contributed by atoms with Gasteiger partial charge in [0.15, 0.2) is 34.9 Å². The average molecular weight is 1350 g/mol. The minimum Gasteiger partial charge on any atom is -0.208 e. The summed E-state index contributed by atoms with van der Waals surface area (Å²) in [4.78, 5) is 30.7. The number of rotatable bonds is 9. The van der Waals surface area contributed by atoms with Gasteiger partial charge in [0.25, 0.3) is 0 Å². The van der Waals surface area contributed by atoms with E-state index in [1.165, 1.54) is 117 Å². The molecule has 3 heterocycles. The van der Waals surface area contributed by atoms with Crippen molar-refractivity contribution >= 4 is 118 Å². The summed E-state index contributed by atoms with van der Waals surface area (Å²) in [5, 5.41) is 22.4. The lowest BCUT2D eigenvalue weighted by Gasteiger charge is -2.16. The number of hydrogen-bond acceptors (Lipinski definition) is 7. The molecule has 21 aromatic rings. The van der Waals surface area contributed by atoms with Crippen LogP contribution in [0.15, 0.2) is 364 Å². The maximum absolute atomic E-state index is 5.24. The van der Waals surface area contributed by atoms with E-state index in [2.05, 4.69) is 322 Å². The standard InChI is InChI=1S/C49H29N3S.C49H31N3/c1-2-14-32(15-3-1)47-50-48(52-49(51-47)41-22-11-21-39-38-20-8-9-23-43(38)53-46(39)41)35-17-10-16-33(28-35)42-29-34-25-24-30-12-4-6-18-36(30)44(34)40-27-26-31-13-5-7-19-37(31)45(40)42;1-3-13-32(14-4-1)36-19-11-21-39(29-36)48-50-47(35-17-5-2-6-18-35)51-49(52-48)40-22-12-20-37(30-40)44-31-38-26-25-33-15-7-9-23-41(33)45(38)43-28-27-34-16-8-10-24-42(34)46(43)44/h1-29H;1-31H. The van der Waals surface area contributed by atoms with Crippen molar-refractivity contribution in [3.8, 4) is 102 Å². The van der Waals surface area contributed by atoms with E-state index in [9.17, 15) is 0 Å². The van der Waals surface area contributed by atoms with Crippen molar-refractivity contribution in [1.29, 1.82) is 0 Å². The van der Waals surface area contributed by atoms with Gasteiger partial charge in [0.05, 0.1) is 0 Å². The highest BCUT2D eigenvalue weighted by molar-refractivity contribution is 7.26. The zero-order valence-electron chi connectivity index (χ0n) is 56.7. The van der Waals surface area contributed by atoms with Gasteiger partial charge in [-0.25, -0.2) is 29.9 Å². The normalized spacial score (nSPS) is 11.6. The quantitative estimate of drug-likeness (QED) is 0.134. The fourth-order valence-corrected chi connectivity index (χ4v) is 16.8. The van der Waals surface area contributed by atoms with E-state index in [0.29, 0.717) is 34.9 Å². The van der Waals surface area contributed by atoms with Crippen LogP contribution < -0.4 is 0 Å². The number of hydrogen-bond donors (Lipinski definition) is 0. The van der Waals surface area contributed by atoms with Crippen LogP contribution in [0.4, 0.5) is 0 Å². The molecule has 0 amide bonds. The molecule has 0 spiro atoms. The molecule has 488 valence electrons. The summed E-state index contributed by atoms with van der Waals surface area (Å²) < 4.78 is 2.43. The van der Waals surface area contributed by atoms with Gasteiger partial charge >= 0.3 is 0 Å². The van der Waals surface area contributed by atoms with Gasteiger partial charge in [-0.2, -0.15) is 0 Å². The van der Waals surface area contributed by atoms with Gasteiger partial charge in [0.2, 0.25) is 0 Å². The minimum atomic E-state index is 0.636. The third kappa shape index (κ3) is 11.0. The van der Waals surface area contributed by atoms with E-state index in [1.807, 2.05) is 42.5 Å². The van der Waals surface area contributed by atoms with Crippen LogP contribution in [0.3, 0.4) is 0 Å². The van der Waals surface area contributed by atoms with Crippen LogP contribution in [-0.2, 0) is 0 Å². The zero-order valence-corrected chi connectivity index (χ0v) is 57.5. The molecule has 3 aromatic heterocycles. The Hall–Kier alpha value is -13.7. The molecule has 0 N–H and O–H groups in total. The summed E-state index contributed by atoms with van der Waals surface area (Å²) in [6.07, 6.45) is 0. The summed E-state index contributed by atoms with van der Waals surface area (Å²) in [6, 6.07) is 129. The lowest BCUT2D eigenvalue weighted by molar-refractivity contribution is 1.07. The summed E-state index contributed by atoms with van der Waals surface area (Å²) in [7, 11) is 0. The third-order valence-corrected chi connectivity index (χ3v) is 21.7. The van der Waals surface area contributed by atoms with Crippen LogP contribution in [-0.4, -0.2) is 29.9 Å². The van der Waals surface area contributed by atoms with Crippen molar-refractivity contribution < 1.29 is 0 Å². The van der Waals surface area contributed by atoms with Crippen molar-refractivity contribution in [3.05, 3.63) is 364 Å². The van der Waals surface area contributed by atoms with Gasteiger partial charge < -0.3 is 0 Å². The number of thiophene rings is 1. The second-order valence-corrected chi connectivity index (χ2v) is 27.8. The highest BCUT2D eigenvalue weighted by Crippen LogP contribution is 2.46. The Balaban J connectivity index is 0.000000139. The SMILES string of the molecule is c1ccc(-c2cccc(-c3nc(-c4ccccc4)nc(-c4cccc(-c5cc6ccc7ccccc7c6c6ccc7ccccc7c56)c4)n3)c2)cc1.c1ccc(-c2nc(-c3cccc(-c4cc5ccc6ccccc6c5c5ccc6ccccc6c45)c3)nc(-c3cccc4c3sc3ccccc34)n2)cc1. The van der Waals surface area contributed by atoms with E-state index >= 15 is 0 Å². The van der Waals surface area contributed by atoms with E-state index in [4.69, 9.17) is 29.9 Å². The van der Waals surface area contributed by atoms with Crippen molar-refractivity contribution in [1.82, 2.24) is 29.9 Å². The summed E-state index contributed by atoms with van der Waals surface area (Å²) in [5.41, 5.74) is 12.6. The Bertz CT molecular complexity index is 7030. The van der Waals surface area contributed by atoms with E-state index in [-0.39, 0.29) is 0 Å². The molecule has 105 heavy (non-hydrogen) atoms. The fraction of sp³-hybridized carbons (Fsp3) is 0. The van der Waals surface area contributed by atoms with Gasteiger partial charge in [-0.3, -0.25) is 0 Å². The topological polar surface area (TPSA) is 77.3 Å². The van der Waals surface area contributed by atoms with Crippen molar-refractivity contribution in [2.45, 2.75) is 0 Å². The first-order valence-corrected chi connectivity index (χ1v) is 36.3. The molecule has 0 saturated carbocycles. The molecule has 0 saturated heterocycles. The molecule has 0 aliphatic heterocycles.